The van der Waals surface area contributed by atoms with Crippen molar-refractivity contribution in [2.45, 2.75) is 38.8 Å². The van der Waals surface area contributed by atoms with Gasteiger partial charge in [-0.3, -0.25) is 0 Å². The van der Waals surface area contributed by atoms with Gasteiger partial charge in [-0.1, -0.05) is 59.7 Å². The Balaban J connectivity index is 1.93. The van der Waals surface area contributed by atoms with E-state index in [2.05, 4.69) is 62.4 Å². The van der Waals surface area contributed by atoms with E-state index in [9.17, 15) is 0 Å². The highest BCUT2D eigenvalue weighted by molar-refractivity contribution is 5.24. The van der Waals surface area contributed by atoms with Crippen LogP contribution in [0.1, 0.15) is 22.3 Å². The predicted molar refractivity (Wildman–Crippen MR) is 85.7 cm³/mol. The Morgan fingerprint density at radius 2 is 0.950 bits per heavy atom. The zero-order valence-electron chi connectivity index (χ0n) is 12.3. The standard InChI is InChI=1S/C18H24N2/c1-13-3-7-15(8-4-13)11-17(19)18(20)12-16-9-5-14(2)6-10-16/h3-10,17-18H,11-12,19-20H2,1-2H3. The van der Waals surface area contributed by atoms with Crippen molar-refractivity contribution in [3.8, 4) is 0 Å². The summed E-state index contributed by atoms with van der Waals surface area (Å²) in [6.07, 6.45) is 1.65. The van der Waals surface area contributed by atoms with Gasteiger partial charge in [-0.15, -0.1) is 0 Å². The highest BCUT2D eigenvalue weighted by atomic mass is 14.8. The monoisotopic (exact) mass is 268 g/mol. The van der Waals surface area contributed by atoms with Gasteiger partial charge in [0.25, 0.3) is 0 Å². The fourth-order valence-corrected chi connectivity index (χ4v) is 2.30. The van der Waals surface area contributed by atoms with Crippen molar-refractivity contribution in [2.24, 2.45) is 11.5 Å². The summed E-state index contributed by atoms with van der Waals surface area (Å²) in [5, 5.41) is 0. The highest BCUT2D eigenvalue weighted by Crippen LogP contribution is 2.10. The van der Waals surface area contributed by atoms with Crippen molar-refractivity contribution >= 4 is 0 Å². The summed E-state index contributed by atoms with van der Waals surface area (Å²) in [4.78, 5) is 0. The lowest BCUT2D eigenvalue weighted by atomic mass is 9.95. The zero-order chi connectivity index (χ0) is 14.5. The van der Waals surface area contributed by atoms with Gasteiger partial charge < -0.3 is 11.5 Å². The fraction of sp³-hybridized carbons (Fsp3) is 0.333. The Kier molecular flexibility index (Phi) is 4.94. The van der Waals surface area contributed by atoms with E-state index >= 15 is 0 Å². The molecule has 2 aromatic carbocycles. The summed E-state index contributed by atoms with van der Waals surface area (Å²) >= 11 is 0. The molecule has 0 aromatic heterocycles. The van der Waals surface area contributed by atoms with Gasteiger partial charge in [0.1, 0.15) is 0 Å². The Morgan fingerprint density at radius 3 is 1.25 bits per heavy atom. The van der Waals surface area contributed by atoms with Crippen molar-refractivity contribution in [1.29, 1.82) is 0 Å². The molecule has 2 rings (SSSR count). The van der Waals surface area contributed by atoms with Crippen LogP contribution in [0.3, 0.4) is 0 Å². The second-order valence-corrected chi connectivity index (χ2v) is 5.71. The largest absolute Gasteiger partial charge is 0.326 e. The Labute approximate surface area is 121 Å². The van der Waals surface area contributed by atoms with E-state index in [1.165, 1.54) is 22.3 Å². The zero-order valence-corrected chi connectivity index (χ0v) is 12.3. The molecule has 0 aliphatic carbocycles. The Bertz CT molecular complexity index is 477. The number of benzene rings is 2. The average molecular weight is 268 g/mol. The molecule has 0 amide bonds. The van der Waals surface area contributed by atoms with Crippen LogP contribution in [-0.4, -0.2) is 12.1 Å². The number of hydrogen-bond donors (Lipinski definition) is 2. The van der Waals surface area contributed by atoms with Crippen LogP contribution in [0.25, 0.3) is 0 Å². The lowest BCUT2D eigenvalue weighted by molar-refractivity contribution is 0.519. The first-order valence-electron chi connectivity index (χ1n) is 7.17. The summed E-state index contributed by atoms with van der Waals surface area (Å²) in [7, 11) is 0. The van der Waals surface area contributed by atoms with Gasteiger partial charge in [0.15, 0.2) is 0 Å². The SMILES string of the molecule is Cc1ccc(CC(N)C(N)Cc2ccc(C)cc2)cc1. The number of nitrogens with two attached hydrogens (primary N) is 2. The van der Waals surface area contributed by atoms with E-state index in [1.807, 2.05) is 0 Å². The molecule has 20 heavy (non-hydrogen) atoms. The number of rotatable bonds is 5. The predicted octanol–water partition coefficient (Wildman–Crippen LogP) is 2.74. The molecule has 0 aliphatic heterocycles. The fourth-order valence-electron chi connectivity index (χ4n) is 2.30. The molecule has 2 atom stereocenters. The van der Waals surface area contributed by atoms with Gasteiger partial charge >= 0.3 is 0 Å². The van der Waals surface area contributed by atoms with E-state index in [0.717, 1.165) is 12.8 Å². The van der Waals surface area contributed by atoms with Crippen LogP contribution in [0.15, 0.2) is 48.5 Å². The van der Waals surface area contributed by atoms with Crippen molar-refractivity contribution in [2.75, 3.05) is 0 Å². The maximum Gasteiger partial charge on any atom is 0.0236 e. The minimum absolute atomic E-state index is 0.0148. The van der Waals surface area contributed by atoms with Crippen molar-refractivity contribution in [3.05, 3.63) is 70.8 Å². The lowest BCUT2D eigenvalue weighted by Gasteiger charge is -2.20. The van der Waals surface area contributed by atoms with Crippen LogP contribution in [0.2, 0.25) is 0 Å². The first-order chi connectivity index (χ1) is 9.54. The van der Waals surface area contributed by atoms with Crippen molar-refractivity contribution < 1.29 is 0 Å². The highest BCUT2D eigenvalue weighted by Gasteiger charge is 2.14. The first kappa shape index (κ1) is 14.8. The van der Waals surface area contributed by atoms with Crippen molar-refractivity contribution in [3.63, 3.8) is 0 Å². The molecule has 0 heterocycles. The Hall–Kier alpha value is -1.64. The molecule has 2 nitrogen and oxygen atoms in total. The lowest BCUT2D eigenvalue weighted by Crippen LogP contribution is -2.44. The van der Waals surface area contributed by atoms with Crippen LogP contribution in [0.4, 0.5) is 0 Å². The maximum atomic E-state index is 6.24. The van der Waals surface area contributed by atoms with Gasteiger partial charge in [-0.2, -0.15) is 0 Å². The van der Waals surface area contributed by atoms with Crippen molar-refractivity contribution in [1.82, 2.24) is 0 Å². The number of hydrogen-bond acceptors (Lipinski definition) is 2. The molecule has 2 aromatic rings. The first-order valence-corrected chi connectivity index (χ1v) is 7.17. The molecule has 0 saturated carbocycles. The maximum absolute atomic E-state index is 6.24. The molecule has 0 fully saturated rings. The second kappa shape index (κ2) is 6.69. The van der Waals surface area contributed by atoms with E-state index < -0.39 is 0 Å². The Morgan fingerprint density at radius 1 is 0.650 bits per heavy atom. The van der Waals surface area contributed by atoms with Crippen LogP contribution in [-0.2, 0) is 12.8 Å². The minimum Gasteiger partial charge on any atom is -0.326 e. The summed E-state index contributed by atoms with van der Waals surface area (Å²) in [5.74, 6) is 0. The summed E-state index contributed by atoms with van der Waals surface area (Å²) in [6, 6.07) is 17.0. The van der Waals surface area contributed by atoms with Gasteiger partial charge in [0, 0.05) is 12.1 Å². The van der Waals surface area contributed by atoms with Crippen LogP contribution < -0.4 is 11.5 Å². The topological polar surface area (TPSA) is 52.0 Å². The molecule has 0 saturated heterocycles. The molecule has 0 aliphatic rings. The van der Waals surface area contributed by atoms with E-state index in [-0.39, 0.29) is 12.1 Å². The average Bonchev–Trinajstić information content (AvgIpc) is 2.44. The molecule has 0 bridgehead atoms. The van der Waals surface area contributed by atoms with Crippen LogP contribution in [0.5, 0.6) is 0 Å². The second-order valence-electron chi connectivity index (χ2n) is 5.71. The third-order valence-corrected chi connectivity index (χ3v) is 3.73. The molecule has 0 radical (unpaired) electrons. The minimum atomic E-state index is -0.0148. The van der Waals surface area contributed by atoms with Gasteiger partial charge in [-0.05, 0) is 37.8 Å². The van der Waals surface area contributed by atoms with Crippen LogP contribution >= 0.6 is 0 Å². The molecular formula is C18H24N2. The van der Waals surface area contributed by atoms with E-state index in [4.69, 9.17) is 11.5 Å². The third-order valence-electron chi connectivity index (χ3n) is 3.73. The normalized spacial score (nSPS) is 14.0. The van der Waals surface area contributed by atoms with E-state index in [0.29, 0.717) is 0 Å². The van der Waals surface area contributed by atoms with Gasteiger partial charge in [0.2, 0.25) is 0 Å². The van der Waals surface area contributed by atoms with Gasteiger partial charge in [-0.25, -0.2) is 0 Å². The molecule has 2 heteroatoms. The molecular weight excluding hydrogens is 244 g/mol. The molecule has 0 spiro atoms. The third kappa shape index (κ3) is 4.19. The molecule has 2 unspecified atom stereocenters. The summed E-state index contributed by atoms with van der Waals surface area (Å²) in [6.45, 7) is 4.18. The number of aryl methyl sites for hydroxylation is 2. The smallest absolute Gasteiger partial charge is 0.0236 e. The summed E-state index contributed by atoms with van der Waals surface area (Å²) in [5.41, 5.74) is 17.5. The summed E-state index contributed by atoms with van der Waals surface area (Å²) < 4.78 is 0. The molecule has 4 N–H and O–H groups in total. The molecule has 106 valence electrons. The van der Waals surface area contributed by atoms with Crippen LogP contribution in [0, 0.1) is 13.8 Å². The quantitative estimate of drug-likeness (QED) is 0.876. The van der Waals surface area contributed by atoms with Gasteiger partial charge in [0.05, 0.1) is 0 Å². The van der Waals surface area contributed by atoms with E-state index in [1.54, 1.807) is 0 Å².